The van der Waals surface area contributed by atoms with Crippen LogP contribution in [0.25, 0.3) is 0 Å². The lowest BCUT2D eigenvalue weighted by molar-refractivity contribution is -0.157. The predicted molar refractivity (Wildman–Crippen MR) is 110 cm³/mol. The Morgan fingerprint density at radius 1 is 1.29 bits per heavy atom. The summed E-state index contributed by atoms with van der Waals surface area (Å²) < 4.78 is 2.05. The zero-order valence-electron chi connectivity index (χ0n) is 17.2. The van der Waals surface area contributed by atoms with Crippen LogP contribution in [0.2, 0.25) is 0 Å². The molecule has 152 valence electrons. The number of aliphatic hydroxyl groups is 1. The number of benzene rings is 1. The number of nitrogens with zero attached hydrogens (tertiary/aromatic N) is 3. The van der Waals surface area contributed by atoms with E-state index in [1.54, 1.807) is 11.1 Å². The van der Waals surface area contributed by atoms with Crippen molar-refractivity contribution in [1.82, 2.24) is 19.8 Å². The molecule has 0 saturated carbocycles. The Bertz CT molecular complexity index is 784. The van der Waals surface area contributed by atoms with Gasteiger partial charge in [-0.1, -0.05) is 38.1 Å². The van der Waals surface area contributed by atoms with E-state index in [9.17, 15) is 9.90 Å². The number of nitrogens with one attached hydrogen (secondary N) is 1. The minimum absolute atomic E-state index is 0.182. The number of likely N-dealkylation sites (tertiary alicyclic amines) is 1. The maximum atomic E-state index is 13.0. The van der Waals surface area contributed by atoms with Crippen LogP contribution < -0.4 is 5.32 Å². The molecule has 1 aliphatic heterocycles. The van der Waals surface area contributed by atoms with Crippen molar-refractivity contribution in [2.45, 2.75) is 64.8 Å². The van der Waals surface area contributed by atoms with Crippen LogP contribution in [0.1, 0.15) is 56.5 Å². The first-order chi connectivity index (χ1) is 13.4. The Hall–Kier alpha value is -2.18. The first-order valence-corrected chi connectivity index (χ1v) is 10.2. The van der Waals surface area contributed by atoms with Crippen LogP contribution in [-0.4, -0.2) is 44.2 Å². The molecule has 0 spiro atoms. The van der Waals surface area contributed by atoms with Crippen molar-refractivity contribution >= 4 is 5.91 Å². The van der Waals surface area contributed by atoms with Crippen molar-refractivity contribution in [3.05, 3.63) is 53.6 Å². The highest BCUT2D eigenvalue weighted by molar-refractivity contribution is 5.86. The monoisotopic (exact) mass is 384 g/mol. The largest absolute Gasteiger partial charge is 0.379 e. The average Bonchev–Trinajstić information content (AvgIpc) is 3.13. The zero-order valence-corrected chi connectivity index (χ0v) is 17.2. The molecule has 1 fully saturated rings. The van der Waals surface area contributed by atoms with Gasteiger partial charge in [0.2, 0.25) is 0 Å². The van der Waals surface area contributed by atoms with Gasteiger partial charge in [-0.15, -0.1) is 0 Å². The van der Waals surface area contributed by atoms with E-state index in [4.69, 9.17) is 0 Å². The molecule has 0 bridgehead atoms. The van der Waals surface area contributed by atoms with E-state index in [1.807, 2.05) is 10.8 Å². The summed E-state index contributed by atoms with van der Waals surface area (Å²) in [5.41, 5.74) is 1.04. The molecule has 1 aliphatic rings. The second kappa shape index (κ2) is 8.88. The zero-order chi connectivity index (χ0) is 20.1. The number of carbonyl (C=O) groups is 1. The highest BCUT2D eigenvalue weighted by Crippen LogP contribution is 2.24. The molecule has 1 aromatic carbocycles. The number of aromatic nitrogens is 2. The summed E-state index contributed by atoms with van der Waals surface area (Å²) in [5.74, 6) is 1.22. The minimum atomic E-state index is -1.35. The molecule has 1 atom stereocenters. The summed E-state index contributed by atoms with van der Waals surface area (Å²) in [4.78, 5) is 19.1. The summed E-state index contributed by atoms with van der Waals surface area (Å²) in [7, 11) is 0. The van der Waals surface area contributed by atoms with Crippen molar-refractivity contribution in [2.24, 2.45) is 0 Å². The van der Waals surface area contributed by atoms with Gasteiger partial charge >= 0.3 is 0 Å². The smallest absolute Gasteiger partial charge is 0.256 e. The average molecular weight is 385 g/mol. The summed E-state index contributed by atoms with van der Waals surface area (Å²) >= 11 is 0. The summed E-state index contributed by atoms with van der Waals surface area (Å²) in [6, 6.07) is 8.41. The SMILES string of the molecule is CCn1ccnc1CNCC1(O)CCCN(Cc2ccc(C(C)C)cc2)C1=O. The van der Waals surface area contributed by atoms with Gasteiger partial charge < -0.3 is 19.9 Å². The quantitative estimate of drug-likeness (QED) is 0.734. The Morgan fingerprint density at radius 3 is 2.71 bits per heavy atom. The summed E-state index contributed by atoms with van der Waals surface area (Å²) in [6.45, 7) is 9.26. The van der Waals surface area contributed by atoms with Gasteiger partial charge in [0.25, 0.3) is 5.91 Å². The molecule has 0 radical (unpaired) electrons. The number of rotatable bonds is 8. The van der Waals surface area contributed by atoms with E-state index >= 15 is 0 Å². The molecular formula is C22H32N4O2. The van der Waals surface area contributed by atoms with Crippen molar-refractivity contribution in [1.29, 1.82) is 0 Å². The molecule has 2 N–H and O–H groups in total. The lowest BCUT2D eigenvalue weighted by Crippen LogP contribution is -2.57. The molecule has 2 aromatic rings. The van der Waals surface area contributed by atoms with E-state index in [-0.39, 0.29) is 12.5 Å². The van der Waals surface area contributed by atoms with Crippen LogP contribution in [0.3, 0.4) is 0 Å². The van der Waals surface area contributed by atoms with E-state index in [1.165, 1.54) is 5.56 Å². The van der Waals surface area contributed by atoms with Gasteiger partial charge in [-0.2, -0.15) is 0 Å². The number of imidazole rings is 1. The summed E-state index contributed by atoms with van der Waals surface area (Å²) in [5, 5.41) is 14.2. The number of amides is 1. The molecule has 1 amide bonds. The molecule has 1 saturated heterocycles. The van der Waals surface area contributed by atoms with Crippen molar-refractivity contribution < 1.29 is 9.90 Å². The molecule has 6 nitrogen and oxygen atoms in total. The lowest BCUT2D eigenvalue weighted by atomic mass is 9.91. The van der Waals surface area contributed by atoms with Crippen molar-refractivity contribution in [2.75, 3.05) is 13.1 Å². The van der Waals surface area contributed by atoms with Gasteiger partial charge in [-0.3, -0.25) is 4.79 Å². The third kappa shape index (κ3) is 4.62. The maximum absolute atomic E-state index is 13.0. The molecule has 2 heterocycles. The van der Waals surface area contributed by atoms with Crippen LogP contribution in [0, 0.1) is 0 Å². The van der Waals surface area contributed by atoms with E-state index in [0.717, 1.165) is 24.4 Å². The van der Waals surface area contributed by atoms with Gasteiger partial charge in [-0.05, 0) is 36.8 Å². The Kier molecular flexibility index (Phi) is 6.52. The highest BCUT2D eigenvalue weighted by Gasteiger charge is 2.41. The molecule has 6 heteroatoms. The fourth-order valence-corrected chi connectivity index (χ4v) is 3.78. The first kappa shape index (κ1) is 20.6. The minimum Gasteiger partial charge on any atom is -0.379 e. The molecule has 3 rings (SSSR count). The normalized spacial score (nSPS) is 20.2. The fourth-order valence-electron chi connectivity index (χ4n) is 3.78. The number of hydrogen-bond donors (Lipinski definition) is 2. The van der Waals surface area contributed by atoms with Gasteiger partial charge in [0.05, 0.1) is 6.54 Å². The van der Waals surface area contributed by atoms with E-state index in [2.05, 4.69) is 55.3 Å². The third-order valence-corrected chi connectivity index (χ3v) is 5.57. The highest BCUT2D eigenvalue weighted by atomic mass is 16.3. The predicted octanol–water partition coefficient (Wildman–Crippen LogP) is 2.67. The Balaban J connectivity index is 1.59. The van der Waals surface area contributed by atoms with Crippen LogP contribution in [-0.2, 0) is 24.4 Å². The molecule has 1 aromatic heterocycles. The lowest BCUT2D eigenvalue weighted by Gasteiger charge is -2.38. The van der Waals surface area contributed by atoms with Gasteiger partial charge in [0, 0.05) is 38.6 Å². The van der Waals surface area contributed by atoms with Crippen molar-refractivity contribution in [3.8, 4) is 0 Å². The third-order valence-electron chi connectivity index (χ3n) is 5.57. The first-order valence-electron chi connectivity index (χ1n) is 10.2. The standard InChI is InChI=1S/C22H32N4O2/c1-4-25-13-11-24-20(25)14-23-16-22(28)10-5-12-26(21(22)27)15-18-6-8-19(9-7-18)17(2)3/h6-9,11,13,17,23,28H,4-5,10,12,14-16H2,1-3H3. The fraction of sp³-hybridized carbons (Fsp3) is 0.545. The van der Waals surface area contributed by atoms with Gasteiger partial charge in [0.15, 0.2) is 5.60 Å². The number of piperidine rings is 1. The van der Waals surface area contributed by atoms with E-state index < -0.39 is 5.60 Å². The number of hydrogen-bond acceptors (Lipinski definition) is 4. The van der Waals surface area contributed by atoms with Gasteiger partial charge in [-0.25, -0.2) is 4.98 Å². The molecule has 0 aliphatic carbocycles. The number of aryl methyl sites for hydroxylation is 1. The van der Waals surface area contributed by atoms with Gasteiger partial charge in [0.1, 0.15) is 5.82 Å². The molecule has 1 unspecified atom stereocenters. The molecule has 28 heavy (non-hydrogen) atoms. The Labute approximate surface area is 167 Å². The molecular weight excluding hydrogens is 352 g/mol. The second-order valence-corrected chi connectivity index (χ2v) is 7.99. The van der Waals surface area contributed by atoms with Crippen LogP contribution in [0.4, 0.5) is 0 Å². The van der Waals surface area contributed by atoms with Crippen LogP contribution >= 0.6 is 0 Å². The maximum Gasteiger partial charge on any atom is 0.256 e. The topological polar surface area (TPSA) is 70.4 Å². The van der Waals surface area contributed by atoms with Crippen LogP contribution in [0.15, 0.2) is 36.7 Å². The van der Waals surface area contributed by atoms with Crippen LogP contribution in [0.5, 0.6) is 0 Å². The second-order valence-electron chi connectivity index (χ2n) is 7.99. The Morgan fingerprint density at radius 2 is 2.04 bits per heavy atom. The number of carbonyl (C=O) groups excluding carboxylic acids is 1. The van der Waals surface area contributed by atoms with E-state index in [0.29, 0.717) is 32.0 Å². The van der Waals surface area contributed by atoms with Crippen molar-refractivity contribution in [3.63, 3.8) is 0 Å². The summed E-state index contributed by atoms with van der Waals surface area (Å²) in [6.07, 6.45) is 5.00.